The van der Waals surface area contributed by atoms with E-state index in [0.717, 1.165) is 30.9 Å². The lowest BCUT2D eigenvalue weighted by atomic mass is 9.71. The summed E-state index contributed by atoms with van der Waals surface area (Å²) in [7, 11) is 0. The van der Waals surface area contributed by atoms with Gasteiger partial charge in [0.2, 0.25) is 0 Å². The van der Waals surface area contributed by atoms with E-state index in [1.165, 1.54) is 50.8 Å². The number of piperidine rings is 3. The number of aliphatic hydroxyl groups is 1. The summed E-state index contributed by atoms with van der Waals surface area (Å²) >= 11 is 0. The molecule has 1 aliphatic carbocycles. The second kappa shape index (κ2) is 5.40. The average molecular weight is 285 g/mol. The highest BCUT2D eigenvalue weighted by molar-refractivity contribution is 5.31. The third-order valence-electron chi connectivity index (χ3n) is 6.21. The summed E-state index contributed by atoms with van der Waals surface area (Å²) < 4.78 is 0. The molecule has 0 radical (unpaired) electrons. The van der Waals surface area contributed by atoms with Crippen LogP contribution in [0.1, 0.15) is 62.0 Å². The average Bonchev–Trinajstić information content (AvgIpc) is 2.57. The molecule has 1 aromatic rings. The first-order valence-electron chi connectivity index (χ1n) is 8.81. The molecule has 1 aromatic carbocycles. The molecule has 1 N–H and O–H groups in total. The van der Waals surface area contributed by atoms with Gasteiger partial charge in [-0.25, -0.2) is 0 Å². The predicted octanol–water partition coefficient (Wildman–Crippen LogP) is 3.65. The first-order valence-corrected chi connectivity index (χ1v) is 8.81. The van der Waals surface area contributed by atoms with Crippen molar-refractivity contribution in [2.24, 2.45) is 5.92 Å². The Morgan fingerprint density at radius 1 is 0.905 bits per heavy atom. The van der Waals surface area contributed by atoms with E-state index in [2.05, 4.69) is 29.2 Å². The lowest BCUT2D eigenvalue weighted by Crippen LogP contribution is -2.57. The molecular weight excluding hydrogens is 258 g/mol. The van der Waals surface area contributed by atoms with Crippen LogP contribution in [0.25, 0.3) is 0 Å². The number of nitrogens with zero attached hydrogens (tertiary/aromatic N) is 1. The minimum Gasteiger partial charge on any atom is -0.384 e. The second-order valence-electron chi connectivity index (χ2n) is 7.43. The summed E-state index contributed by atoms with van der Waals surface area (Å²) in [5.74, 6) is 1.22. The molecule has 0 unspecified atom stereocenters. The number of rotatable bonds is 2. The van der Waals surface area contributed by atoms with Crippen LogP contribution in [0.4, 0.5) is 0 Å². The second-order valence-corrected chi connectivity index (χ2v) is 7.43. The Kier molecular flexibility index (Phi) is 3.55. The van der Waals surface area contributed by atoms with E-state index in [-0.39, 0.29) is 0 Å². The Bertz CT molecular complexity index is 483. The lowest BCUT2D eigenvalue weighted by molar-refractivity contribution is -0.117. The summed E-state index contributed by atoms with van der Waals surface area (Å²) in [6, 6.07) is 9.01. The van der Waals surface area contributed by atoms with Gasteiger partial charge in [-0.3, -0.25) is 0 Å². The number of fused-ring (bicyclic) bond motifs is 3. The van der Waals surface area contributed by atoms with Crippen LogP contribution in [0.15, 0.2) is 24.3 Å². The number of hydrogen-bond acceptors (Lipinski definition) is 2. The van der Waals surface area contributed by atoms with Gasteiger partial charge in [0.25, 0.3) is 0 Å². The molecule has 2 heteroatoms. The Hall–Kier alpha value is -0.860. The summed E-state index contributed by atoms with van der Waals surface area (Å²) in [4.78, 5) is 2.43. The predicted molar refractivity (Wildman–Crippen MR) is 85.3 cm³/mol. The fourth-order valence-corrected chi connectivity index (χ4v) is 4.85. The van der Waals surface area contributed by atoms with Crippen molar-refractivity contribution < 1.29 is 5.11 Å². The first kappa shape index (κ1) is 13.8. The van der Waals surface area contributed by atoms with Gasteiger partial charge in [-0.05, 0) is 61.7 Å². The molecule has 3 heterocycles. The van der Waals surface area contributed by atoms with Gasteiger partial charge in [0.05, 0.1) is 0 Å². The molecule has 2 nitrogen and oxygen atoms in total. The fourth-order valence-electron chi connectivity index (χ4n) is 4.85. The molecule has 0 spiro atoms. The smallest absolute Gasteiger partial charge is 0.105 e. The molecule has 114 valence electrons. The van der Waals surface area contributed by atoms with Gasteiger partial charge < -0.3 is 10.0 Å². The zero-order valence-electron chi connectivity index (χ0n) is 12.9. The first-order chi connectivity index (χ1) is 10.3. The molecule has 3 saturated heterocycles. The van der Waals surface area contributed by atoms with Crippen molar-refractivity contribution in [2.45, 2.75) is 56.5 Å². The maximum absolute atomic E-state index is 11.2. The molecule has 21 heavy (non-hydrogen) atoms. The normalized spacial score (nSPS) is 36.8. The Morgan fingerprint density at radius 3 is 2.14 bits per heavy atom. The minimum absolute atomic E-state index is 0.461. The highest BCUT2D eigenvalue weighted by Gasteiger charge is 2.46. The van der Waals surface area contributed by atoms with Crippen molar-refractivity contribution in [1.29, 1.82) is 0 Å². The molecule has 1 saturated carbocycles. The zero-order valence-corrected chi connectivity index (χ0v) is 12.9. The summed E-state index contributed by atoms with van der Waals surface area (Å²) in [6.07, 6.45) is 9.18. The van der Waals surface area contributed by atoms with Crippen molar-refractivity contribution >= 4 is 0 Å². The maximum Gasteiger partial charge on any atom is 0.105 e. The molecular formula is C19H27NO. The summed E-state index contributed by atoms with van der Waals surface area (Å²) in [5, 5.41) is 11.2. The quantitative estimate of drug-likeness (QED) is 0.896. The minimum atomic E-state index is -0.596. The van der Waals surface area contributed by atoms with Crippen LogP contribution in [0.2, 0.25) is 0 Å². The molecule has 2 bridgehead atoms. The van der Waals surface area contributed by atoms with Crippen molar-refractivity contribution in [3.63, 3.8) is 0 Å². The third kappa shape index (κ3) is 2.43. The van der Waals surface area contributed by atoms with Crippen molar-refractivity contribution in [3.05, 3.63) is 35.4 Å². The van der Waals surface area contributed by atoms with E-state index in [1.807, 2.05) is 0 Å². The molecule has 4 aliphatic rings. The van der Waals surface area contributed by atoms with Crippen molar-refractivity contribution in [2.75, 3.05) is 19.6 Å². The Balaban J connectivity index is 1.55. The Labute approximate surface area is 128 Å². The zero-order chi connectivity index (χ0) is 14.3. The van der Waals surface area contributed by atoms with Gasteiger partial charge >= 0.3 is 0 Å². The van der Waals surface area contributed by atoms with Gasteiger partial charge in [-0.2, -0.15) is 0 Å². The van der Waals surface area contributed by atoms with E-state index in [0.29, 0.717) is 5.92 Å². The van der Waals surface area contributed by atoms with Gasteiger partial charge in [0, 0.05) is 6.54 Å². The van der Waals surface area contributed by atoms with Crippen LogP contribution < -0.4 is 0 Å². The van der Waals surface area contributed by atoms with Crippen LogP contribution in [0.3, 0.4) is 0 Å². The van der Waals surface area contributed by atoms with E-state index in [9.17, 15) is 5.11 Å². The third-order valence-corrected chi connectivity index (χ3v) is 6.21. The van der Waals surface area contributed by atoms with Crippen LogP contribution >= 0.6 is 0 Å². The van der Waals surface area contributed by atoms with E-state index in [1.54, 1.807) is 0 Å². The van der Waals surface area contributed by atoms with E-state index < -0.39 is 5.60 Å². The lowest BCUT2D eigenvalue weighted by Gasteiger charge is -2.50. The van der Waals surface area contributed by atoms with E-state index >= 15 is 0 Å². The highest BCUT2D eigenvalue weighted by atomic mass is 16.3. The monoisotopic (exact) mass is 285 g/mol. The van der Waals surface area contributed by atoms with Gasteiger partial charge in [-0.1, -0.05) is 43.5 Å². The fraction of sp³-hybridized carbons (Fsp3) is 0.684. The SMILES string of the molecule is O[C@]1(c2ccc(C3CCCCC3)cc2)CN2CCC1CC2. The largest absolute Gasteiger partial charge is 0.384 e. The number of benzene rings is 1. The topological polar surface area (TPSA) is 23.5 Å². The molecule has 0 aromatic heterocycles. The Morgan fingerprint density at radius 2 is 1.57 bits per heavy atom. The standard InChI is InChI=1S/C19H27NO/c21-19(14-20-12-10-18(19)11-13-20)17-8-6-16(7-9-17)15-4-2-1-3-5-15/h6-9,15,18,21H,1-5,10-14H2/t19-/m0/s1. The molecule has 1 atom stereocenters. The van der Waals surface area contributed by atoms with Crippen LogP contribution in [0.5, 0.6) is 0 Å². The van der Waals surface area contributed by atoms with E-state index in [4.69, 9.17) is 0 Å². The van der Waals surface area contributed by atoms with Crippen molar-refractivity contribution in [3.8, 4) is 0 Å². The molecule has 3 aliphatic heterocycles. The van der Waals surface area contributed by atoms with Crippen LogP contribution in [0, 0.1) is 5.92 Å². The highest BCUT2D eigenvalue weighted by Crippen LogP contribution is 2.43. The van der Waals surface area contributed by atoms with Gasteiger partial charge in [0.15, 0.2) is 0 Å². The molecule has 0 amide bonds. The van der Waals surface area contributed by atoms with Gasteiger partial charge in [-0.15, -0.1) is 0 Å². The van der Waals surface area contributed by atoms with Crippen LogP contribution in [-0.4, -0.2) is 29.6 Å². The molecule has 5 rings (SSSR count). The maximum atomic E-state index is 11.2. The summed E-state index contributed by atoms with van der Waals surface area (Å²) in [6.45, 7) is 3.18. The van der Waals surface area contributed by atoms with Crippen LogP contribution in [-0.2, 0) is 5.60 Å². The van der Waals surface area contributed by atoms with Crippen molar-refractivity contribution in [1.82, 2.24) is 4.90 Å². The summed E-state index contributed by atoms with van der Waals surface area (Å²) in [5.41, 5.74) is 2.04. The van der Waals surface area contributed by atoms with Gasteiger partial charge in [0.1, 0.15) is 5.60 Å². The molecule has 4 fully saturated rings. The number of hydrogen-bond donors (Lipinski definition) is 1.